The minimum atomic E-state index is 0.288. The highest BCUT2D eigenvalue weighted by atomic mass is 32.1. The Balaban J connectivity index is 1.69. The van der Waals surface area contributed by atoms with Crippen LogP contribution >= 0.6 is 11.3 Å². The molecule has 23 heavy (non-hydrogen) atoms. The van der Waals surface area contributed by atoms with Crippen molar-refractivity contribution in [2.75, 3.05) is 32.7 Å². The highest BCUT2D eigenvalue weighted by Crippen LogP contribution is 2.24. The van der Waals surface area contributed by atoms with Gasteiger partial charge in [0.25, 0.3) is 0 Å². The van der Waals surface area contributed by atoms with Crippen LogP contribution in [0.1, 0.15) is 30.1 Å². The van der Waals surface area contributed by atoms with E-state index in [1.807, 2.05) is 10.8 Å². The summed E-state index contributed by atoms with van der Waals surface area (Å²) in [6.07, 6.45) is 3.00. The van der Waals surface area contributed by atoms with Crippen molar-refractivity contribution < 1.29 is 0 Å². The monoisotopic (exact) mass is 332 g/mol. The lowest BCUT2D eigenvalue weighted by molar-refractivity contribution is 0.0949. The van der Waals surface area contributed by atoms with E-state index in [9.17, 15) is 0 Å². The van der Waals surface area contributed by atoms with E-state index in [-0.39, 0.29) is 6.04 Å². The molecule has 2 aromatic heterocycles. The van der Waals surface area contributed by atoms with E-state index in [4.69, 9.17) is 0 Å². The van der Waals surface area contributed by atoms with Gasteiger partial charge in [0.05, 0.1) is 12.6 Å². The molecule has 2 aromatic rings. The molecule has 1 atom stereocenters. The lowest BCUT2D eigenvalue weighted by Crippen LogP contribution is -2.47. The zero-order valence-electron chi connectivity index (χ0n) is 13.6. The minimum absolute atomic E-state index is 0.288. The van der Waals surface area contributed by atoms with Crippen molar-refractivity contribution in [3.63, 3.8) is 0 Å². The van der Waals surface area contributed by atoms with Crippen molar-refractivity contribution in [3.8, 4) is 0 Å². The van der Waals surface area contributed by atoms with Gasteiger partial charge in [0.2, 0.25) is 0 Å². The molecule has 1 fully saturated rings. The highest BCUT2D eigenvalue weighted by molar-refractivity contribution is 7.09. The van der Waals surface area contributed by atoms with Crippen LogP contribution in [0.4, 0.5) is 0 Å². The number of hydrogen-bond acceptors (Lipinski definition) is 6. The van der Waals surface area contributed by atoms with Gasteiger partial charge in [0.15, 0.2) is 5.82 Å². The van der Waals surface area contributed by atoms with Crippen LogP contribution < -0.4 is 0 Å². The van der Waals surface area contributed by atoms with E-state index in [0.29, 0.717) is 0 Å². The fourth-order valence-corrected chi connectivity index (χ4v) is 3.84. The van der Waals surface area contributed by atoms with Gasteiger partial charge in [-0.05, 0) is 28.3 Å². The third kappa shape index (κ3) is 3.85. The van der Waals surface area contributed by atoms with Gasteiger partial charge in [-0.3, -0.25) is 9.80 Å². The Bertz CT molecular complexity index is 600. The summed E-state index contributed by atoms with van der Waals surface area (Å²) >= 11 is 1.74. The van der Waals surface area contributed by atoms with E-state index in [2.05, 4.69) is 56.3 Å². The number of piperazine rings is 1. The number of hydrogen-bond donors (Lipinski definition) is 0. The standard InChI is InChI=1S/C16H24N6S/c1-3-7-20-8-10-21(11-9-20)15(4-2)16-17-18-19-22(16)13-14-6-5-12-23-14/h3,5-6,12,15H,1,4,7-11,13H2,2H3. The molecule has 0 N–H and O–H groups in total. The van der Waals surface area contributed by atoms with E-state index >= 15 is 0 Å². The molecule has 0 saturated carbocycles. The second kappa shape index (κ2) is 7.81. The van der Waals surface area contributed by atoms with E-state index in [1.165, 1.54) is 4.88 Å². The molecule has 0 aliphatic carbocycles. The Labute approximate surface area is 141 Å². The first-order valence-electron chi connectivity index (χ1n) is 8.17. The topological polar surface area (TPSA) is 50.1 Å². The lowest BCUT2D eigenvalue weighted by atomic mass is 10.1. The molecule has 124 valence electrons. The first kappa shape index (κ1) is 16.3. The van der Waals surface area contributed by atoms with Crippen molar-refractivity contribution in [2.45, 2.75) is 25.9 Å². The van der Waals surface area contributed by atoms with Crippen LogP contribution in [-0.4, -0.2) is 62.7 Å². The van der Waals surface area contributed by atoms with Gasteiger partial charge in [0.1, 0.15) is 0 Å². The largest absolute Gasteiger partial charge is 0.297 e. The van der Waals surface area contributed by atoms with Crippen LogP contribution in [0.2, 0.25) is 0 Å². The van der Waals surface area contributed by atoms with Crippen LogP contribution in [0, 0.1) is 0 Å². The number of aromatic nitrogens is 4. The molecule has 0 aromatic carbocycles. The molecule has 3 heterocycles. The van der Waals surface area contributed by atoms with Crippen molar-refractivity contribution in [1.82, 2.24) is 30.0 Å². The summed E-state index contributed by atoms with van der Waals surface area (Å²) in [7, 11) is 0. The lowest BCUT2D eigenvalue weighted by Gasteiger charge is -2.38. The molecule has 0 bridgehead atoms. The average molecular weight is 332 g/mol. The second-order valence-corrected chi connectivity index (χ2v) is 6.86. The Morgan fingerprint density at radius 2 is 2.17 bits per heavy atom. The zero-order valence-corrected chi connectivity index (χ0v) is 14.5. The van der Waals surface area contributed by atoms with Crippen LogP contribution in [0.5, 0.6) is 0 Å². The molecule has 0 spiro atoms. The van der Waals surface area contributed by atoms with E-state index in [1.54, 1.807) is 11.3 Å². The smallest absolute Gasteiger partial charge is 0.168 e. The molecule has 1 unspecified atom stereocenters. The van der Waals surface area contributed by atoms with E-state index in [0.717, 1.165) is 51.5 Å². The summed E-state index contributed by atoms with van der Waals surface area (Å²) < 4.78 is 1.95. The first-order chi connectivity index (χ1) is 11.3. The fraction of sp³-hybridized carbons (Fsp3) is 0.562. The van der Waals surface area contributed by atoms with Crippen LogP contribution in [0.3, 0.4) is 0 Å². The number of tetrazole rings is 1. The van der Waals surface area contributed by atoms with Crippen LogP contribution in [0.25, 0.3) is 0 Å². The van der Waals surface area contributed by atoms with E-state index < -0.39 is 0 Å². The maximum atomic E-state index is 4.33. The summed E-state index contributed by atoms with van der Waals surface area (Å²) in [6, 6.07) is 4.49. The summed E-state index contributed by atoms with van der Waals surface area (Å²) in [5.74, 6) is 0.984. The Hall–Kier alpha value is -1.57. The predicted molar refractivity (Wildman–Crippen MR) is 92.5 cm³/mol. The Kier molecular flexibility index (Phi) is 5.53. The van der Waals surface area contributed by atoms with Crippen molar-refractivity contribution in [2.24, 2.45) is 0 Å². The SMILES string of the molecule is C=CCN1CCN(C(CC)c2nnnn2Cc2cccs2)CC1. The maximum Gasteiger partial charge on any atom is 0.168 e. The maximum absolute atomic E-state index is 4.33. The molecule has 7 heteroatoms. The van der Waals surface area contributed by atoms with Crippen LogP contribution in [-0.2, 0) is 6.54 Å². The van der Waals surface area contributed by atoms with Gasteiger partial charge in [-0.15, -0.1) is 23.0 Å². The second-order valence-electron chi connectivity index (χ2n) is 5.82. The summed E-state index contributed by atoms with van der Waals surface area (Å²) in [6.45, 7) is 12.0. The third-order valence-electron chi connectivity index (χ3n) is 4.37. The first-order valence-corrected chi connectivity index (χ1v) is 9.05. The van der Waals surface area contributed by atoms with Crippen molar-refractivity contribution in [1.29, 1.82) is 0 Å². The molecule has 0 amide bonds. The third-order valence-corrected chi connectivity index (χ3v) is 5.23. The number of thiophene rings is 1. The molecule has 3 rings (SSSR count). The normalized spacial score (nSPS) is 18.1. The van der Waals surface area contributed by atoms with Gasteiger partial charge in [-0.25, -0.2) is 4.68 Å². The highest BCUT2D eigenvalue weighted by Gasteiger charge is 2.27. The Morgan fingerprint density at radius 1 is 1.35 bits per heavy atom. The zero-order chi connectivity index (χ0) is 16.1. The van der Waals surface area contributed by atoms with Crippen LogP contribution in [0.15, 0.2) is 30.2 Å². The van der Waals surface area contributed by atoms with Gasteiger partial charge in [-0.2, -0.15) is 0 Å². The Morgan fingerprint density at radius 3 is 2.83 bits per heavy atom. The minimum Gasteiger partial charge on any atom is -0.297 e. The molecule has 1 aliphatic rings. The number of nitrogens with zero attached hydrogens (tertiary/aromatic N) is 6. The van der Waals surface area contributed by atoms with Gasteiger partial charge in [-0.1, -0.05) is 19.1 Å². The molecular formula is C16H24N6S. The predicted octanol–water partition coefficient (Wildman–Crippen LogP) is 2.04. The summed E-state index contributed by atoms with van der Waals surface area (Å²) in [5.41, 5.74) is 0. The van der Waals surface area contributed by atoms with Gasteiger partial charge in [0, 0.05) is 37.6 Å². The molecule has 0 radical (unpaired) electrons. The summed E-state index contributed by atoms with van der Waals surface area (Å²) in [4.78, 5) is 6.23. The number of rotatable bonds is 7. The molecule has 1 aliphatic heterocycles. The molecule has 6 nitrogen and oxygen atoms in total. The summed E-state index contributed by atoms with van der Waals surface area (Å²) in [5, 5.41) is 14.6. The van der Waals surface area contributed by atoms with Crippen molar-refractivity contribution >= 4 is 11.3 Å². The molecule has 1 saturated heterocycles. The van der Waals surface area contributed by atoms with Gasteiger partial charge >= 0.3 is 0 Å². The fourth-order valence-electron chi connectivity index (χ4n) is 3.16. The van der Waals surface area contributed by atoms with Gasteiger partial charge < -0.3 is 0 Å². The average Bonchev–Trinajstić information content (AvgIpc) is 3.23. The molecular weight excluding hydrogens is 308 g/mol. The van der Waals surface area contributed by atoms with Crippen molar-refractivity contribution in [3.05, 3.63) is 40.9 Å². The quantitative estimate of drug-likeness (QED) is 0.726.